The summed E-state index contributed by atoms with van der Waals surface area (Å²) in [5.41, 5.74) is 1.23. The maximum atomic E-state index is 4.20. The van der Waals surface area contributed by atoms with Crippen LogP contribution in [0, 0.1) is 5.92 Å². The SMILES string of the molecule is C=Cn1cc(CNCC2CC3CCC(C2)N3C)cn1. The summed E-state index contributed by atoms with van der Waals surface area (Å²) in [6, 6.07) is 1.68. The van der Waals surface area contributed by atoms with Gasteiger partial charge in [0.25, 0.3) is 0 Å². The van der Waals surface area contributed by atoms with Gasteiger partial charge in [-0.05, 0) is 45.2 Å². The number of nitrogens with one attached hydrogen (secondary N) is 1. The Hall–Kier alpha value is -1.13. The lowest BCUT2D eigenvalue weighted by Crippen LogP contribution is -2.42. The third kappa shape index (κ3) is 2.74. The largest absolute Gasteiger partial charge is 0.312 e. The minimum atomic E-state index is 0.842. The van der Waals surface area contributed by atoms with Gasteiger partial charge in [0.15, 0.2) is 0 Å². The average Bonchev–Trinajstić information content (AvgIpc) is 2.93. The Kier molecular flexibility index (Phi) is 3.71. The van der Waals surface area contributed by atoms with Crippen LogP contribution < -0.4 is 5.32 Å². The van der Waals surface area contributed by atoms with Gasteiger partial charge in [-0.3, -0.25) is 0 Å². The monoisotopic (exact) mass is 260 g/mol. The molecule has 2 atom stereocenters. The molecule has 2 saturated heterocycles. The maximum Gasteiger partial charge on any atom is 0.0538 e. The molecule has 0 spiro atoms. The van der Waals surface area contributed by atoms with Crippen LogP contribution in [0.4, 0.5) is 0 Å². The molecule has 0 radical (unpaired) electrons. The van der Waals surface area contributed by atoms with Crippen molar-refractivity contribution in [3.8, 4) is 0 Å². The number of hydrogen-bond acceptors (Lipinski definition) is 3. The third-order valence-electron chi connectivity index (χ3n) is 4.80. The summed E-state index contributed by atoms with van der Waals surface area (Å²) < 4.78 is 1.76. The predicted molar refractivity (Wildman–Crippen MR) is 77.6 cm³/mol. The first-order valence-electron chi connectivity index (χ1n) is 7.34. The van der Waals surface area contributed by atoms with Gasteiger partial charge in [-0.25, -0.2) is 4.68 Å². The van der Waals surface area contributed by atoms with E-state index in [1.54, 1.807) is 10.9 Å². The van der Waals surface area contributed by atoms with E-state index in [2.05, 4.69) is 28.9 Å². The Morgan fingerprint density at radius 1 is 1.42 bits per heavy atom. The van der Waals surface area contributed by atoms with Gasteiger partial charge in [-0.1, -0.05) is 6.58 Å². The molecule has 2 aliphatic rings. The Morgan fingerprint density at radius 2 is 2.16 bits per heavy atom. The van der Waals surface area contributed by atoms with Crippen LogP contribution >= 0.6 is 0 Å². The fraction of sp³-hybridized carbons (Fsp3) is 0.667. The molecule has 3 heterocycles. The van der Waals surface area contributed by atoms with Crippen molar-refractivity contribution in [1.82, 2.24) is 20.0 Å². The fourth-order valence-electron chi connectivity index (χ4n) is 3.68. The van der Waals surface area contributed by atoms with E-state index in [1.165, 1.54) is 31.2 Å². The molecule has 1 aromatic rings. The Labute approximate surface area is 115 Å². The zero-order valence-corrected chi connectivity index (χ0v) is 11.8. The lowest BCUT2D eigenvalue weighted by molar-refractivity contribution is 0.133. The zero-order chi connectivity index (χ0) is 13.2. The van der Waals surface area contributed by atoms with Gasteiger partial charge < -0.3 is 10.2 Å². The van der Waals surface area contributed by atoms with Crippen LogP contribution in [0.15, 0.2) is 19.0 Å². The summed E-state index contributed by atoms with van der Waals surface area (Å²) in [6.45, 7) is 5.76. The molecular formula is C15H24N4. The first kappa shape index (κ1) is 12.9. The van der Waals surface area contributed by atoms with E-state index in [-0.39, 0.29) is 0 Å². The number of rotatable bonds is 5. The van der Waals surface area contributed by atoms with Crippen molar-refractivity contribution in [1.29, 1.82) is 0 Å². The van der Waals surface area contributed by atoms with Crippen LogP contribution in [0.1, 0.15) is 31.2 Å². The standard InChI is InChI=1S/C15H24N4/c1-3-19-11-13(10-17-19)9-16-8-12-6-14-4-5-15(7-12)18(14)2/h3,10-12,14-16H,1,4-9H2,2H3. The summed E-state index contributed by atoms with van der Waals surface area (Å²) in [5.74, 6) is 0.850. The number of aromatic nitrogens is 2. The third-order valence-corrected chi connectivity index (χ3v) is 4.80. The topological polar surface area (TPSA) is 33.1 Å². The second kappa shape index (κ2) is 5.47. The van der Waals surface area contributed by atoms with Gasteiger partial charge >= 0.3 is 0 Å². The maximum absolute atomic E-state index is 4.20. The normalized spacial score (nSPS) is 30.7. The van der Waals surface area contributed by atoms with E-state index < -0.39 is 0 Å². The molecule has 104 valence electrons. The number of piperidine rings is 1. The van der Waals surface area contributed by atoms with E-state index in [4.69, 9.17) is 0 Å². The van der Waals surface area contributed by atoms with Gasteiger partial charge in [-0.15, -0.1) is 0 Å². The van der Waals surface area contributed by atoms with Crippen LogP contribution in [-0.4, -0.2) is 40.4 Å². The molecule has 4 nitrogen and oxygen atoms in total. The van der Waals surface area contributed by atoms with Crippen molar-refractivity contribution in [2.45, 2.75) is 44.3 Å². The second-order valence-corrected chi connectivity index (χ2v) is 6.03. The number of fused-ring (bicyclic) bond motifs is 2. The van der Waals surface area contributed by atoms with Crippen LogP contribution in [-0.2, 0) is 6.54 Å². The smallest absolute Gasteiger partial charge is 0.0538 e. The molecule has 3 rings (SSSR count). The molecule has 19 heavy (non-hydrogen) atoms. The summed E-state index contributed by atoms with van der Waals surface area (Å²) in [6.07, 6.45) is 11.2. The quantitative estimate of drug-likeness (QED) is 0.878. The Bertz CT molecular complexity index is 425. The Balaban J connectivity index is 1.44. The van der Waals surface area contributed by atoms with E-state index in [9.17, 15) is 0 Å². The molecular weight excluding hydrogens is 236 g/mol. The number of hydrogen-bond donors (Lipinski definition) is 1. The highest BCUT2D eigenvalue weighted by molar-refractivity contribution is 5.17. The molecule has 0 saturated carbocycles. The molecule has 2 fully saturated rings. The molecule has 2 aliphatic heterocycles. The van der Waals surface area contributed by atoms with Crippen LogP contribution in [0.3, 0.4) is 0 Å². The van der Waals surface area contributed by atoms with Gasteiger partial charge in [0, 0.05) is 36.6 Å². The molecule has 1 aromatic heterocycles. The highest BCUT2D eigenvalue weighted by Gasteiger charge is 2.37. The first-order valence-corrected chi connectivity index (χ1v) is 7.34. The van der Waals surface area contributed by atoms with Gasteiger partial charge in [0.05, 0.1) is 6.20 Å². The summed E-state index contributed by atoms with van der Waals surface area (Å²) in [5, 5.41) is 7.78. The molecule has 0 aliphatic carbocycles. The Morgan fingerprint density at radius 3 is 2.79 bits per heavy atom. The van der Waals surface area contributed by atoms with Crippen molar-refractivity contribution < 1.29 is 0 Å². The molecule has 4 heteroatoms. The summed E-state index contributed by atoms with van der Waals surface area (Å²) in [7, 11) is 2.30. The van der Waals surface area contributed by atoms with Crippen molar-refractivity contribution in [3.05, 3.63) is 24.5 Å². The minimum absolute atomic E-state index is 0.842. The number of nitrogens with zero attached hydrogens (tertiary/aromatic N) is 3. The fourth-order valence-corrected chi connectivity index (χ4v) is 3.68. The van der Waals surface area contributed by atoms with Gasteiger partial charge in [-0.2, -0.15) is 5.10 Å². The predicted octanol–water partition coefficient (Wildman–Crippen LogP) is 1.95. The lowest BCUT2D eigenvalue weighted by atomic mass is 9.91. The average molecular weight is 260 g/mol. The van der Waals surface area contributed by atoms with Crippen LogP contribution in [0.2, 0.25) is 0 Å². The summed E-state index contributed by atoms with van der Waals surface area (Å²) >= 11 is 0. The van der Waals surface area contributed by atoms with Crippen molar-refractivity contribution >= 4 is 6.20 Å². The lowest BCUT2D eigenvalue weighted by Gasteiger charge is -2.36. The zero-order valence-electron chi connectivity index (χ0n) is 11.8. The first-order chi connectivity index (χ1) is 9.26. The van der Waals surface area contributed by atoms with Crippen molar-refractivity contribution in [2.24, 2.45) is 5.92 Å². The highest BCUT2D eigenvalue weighted by atomic mass is 15.2. The second-order valence-electron chi connectivity index (χ2n) is 6.03. The van der Waals surface area contributed by atoms with Crippen LogP contribution in [0.5, 0.6) is 0 Å². The minimum Gasteiger partial charge on any atom is -0.312 e. The molecule has 0 amide bonds. The van der Waals surface area contributed by atoms with Gasteiger partial charge in [0.2, 0.25) is 0 Å². The van der Waals surface area contributed by atoms with E-state index in [0.29, 0.717) is 0 Å². The van der Waals surface area contributed by atoms with Gasteiger partial charge in [0.1, 0.15) is 0 Å². The molecule has 2 unspecified atom stereocenters. The van der Waals surface area contributed by atoms with E-state index >= 15 is 0 Å². The van der Waals surface area contributed by atoms with Crippen molar-refractivity contribution in [3.63, 3.8) is 0 Å². The van der Waals surface area contributed by atoms with E-state index in [0.717, 1.165) is 31.1 Å². The van der Waals surface area contributed by atoms with Crippen molar-refractivity contribution in [2.75, 3.05) is 13.6 Å². The molecule has 2 bridgehead atoms. The molecule has 0 aromatic carbocycles. The highest BCUT2D eigenvalue weighted by Crippen LogP contribution is 2.36. The summed E-state index contributed by atoms with van der Waals surface area (Å²) in [4.78, 5) is 2.60. The van der Waals surface area contributed by atoms with Crippen LogP contribution in [0.25, 0.3) is 6.20 Å². The van der Waals surface area contributed by atoms with E-state index in [1.807, 2.05) is 12.4 Å². The molecule has 1 N–H and O–H groups in total.